The van der Waals surface area contributed by atoms with Crippen LogP contribution in [0, 0.1) is 11.7 Å². The number of fused-ring (bicyclic) bond motifs is 1. The van der Waals surface area contributed by atoms with Crippen LogP contribution < -0.4 is 4.74 Å². The van der Waals surface area contributed by atoms with E-state index in [9.17, 15) is 17.6 Å². The van der Waals surface area contributed by atoms with Crippen molar-refractivity contribution < 1.29 is 22.3 Å². The molecule has 0 spiro atoms. The number of para-hydroxylation sites is 1. The van der Waals surface area contributed by atoms with Gasteiger partial charge in [0.15, 0.2) is 9.84 Å². The average molecular weight is 458 g/mol. The summed E-state index contributed by atoms with van der Waals surface area (Å²) in [7, 11) is -3.49. The summed E-state index contributed by atoms with van der Waals surface area (Å²) in [6.07, 6.45) is 2.81. The predicted molar refractivity (Wildman–Crippen MR) is 117 cm³/mol. The second-order valence-corrected chi connectivity index (χ2v) is 10.3. The van der Waals surface area contributed by atoms with E-state index in [0.29, 0.717) is 23.7 Å². The van der Waals surface area contributed by atoms with E-state index in [-0.39, 0.29) is 41.2 Å². The smallest absolute Gasteiger partial charge is 0.258 e. The first-order chi connectivity index (χ1) is 15.1. The van der Waals surface area contributed by atoms with Gasteiger partial charge in [0.1, 0.15) is 17.3 Å². The maximum atomic E-state index is 14.1. The molecule has 0 unspecified atom stereocenters. The van der Waals surface area contributed by atoms with Gasteiger partial charge < -0.3 is 9.64 Å². The molecule has 1 aliphatic rings. The number of sulfone groups is 1. The van der Waals surface area contributed by atoms with Crippen molar-refractivity contribution in [3.05, 3.63) is 71.3 Å². The molecule has 7 nitrogen and oxygen atoms in total. The van der Waals surface area contributed by atoms with Gasteiger partial charge >= 0.3 is 0 Å². The molecule has 0 saturated heterocycles. The lowest BCUT2D eigenvalue weighted by Crippen LogP contribution is -2.27. The van der Waals surface area contributed by atoms with Gasteiger partial charge in [-0.25, -0.2) is 17.5 Å². The number of nitrogens with zero attached hydrogens (tertiary/aromatic N) is 3. The minimum Gasteiger partial charge on any atom is -0.492 e. The lowest BCUT2D eigenvalue weighted by Gasteiger charge is -2.19. The minimum atomic E-state index is -3.49. The molecule has 3 aromatic rings. The van der Waals surface area contributed by atoms with Crippen LogP contribution in [0.4, 0.5) is 4.39 Å². The summed E-state index contributed by atoms with van der Waals surface area (Å²) in [4.78, 5) is 15.0. The van der Waals surface area contributed by atoms with E-state index in [1.165, 1.54) is 28.9 Å². The highest BCUT2D eigenvalue weighted by molar-refractivity contribution is 7.90. The van der Waals surface area contributed by atoms with Crippen LogP contribution in [0.5, 0.6) is 5.75 Å². The van der Waals surface area contributed by atoms with E-state index >= 15 is 0 Å². The number of ether oxygens (including phenoxy) is 1. The van der Waals surface area contributed by atoms with E-state index in [1.54, 1.807) is 29.3 Å². The molecule has 32 heavy (non-hydrogen) atoms. The van der Waals surface area contributed by atoms with E-state index < -0.39 is 9.84 Å². The monoisotopic (exact) mass is 457 g/mol. The molecule has 1 aromatic heterocycles. The molecule has 0 radical (unpaired) electrons. The highest BCUT2D eigenvalue weighted by atomic mass is 32.2. The molecule has 2 aromatic carbocycles. The second kappa shape index (κ2) is 8.38. The van der Waals surface area contributed by atoms with E-state index in [1.807, 2.05) is 13.8 Å². The number of halogens is 1. The quantitative estimate of drug-likeness (QED) is 0.565. The number of hydrogen-bond donors (Lipinski definition) is 0. The first kappa shape index (κ1) is 22.0. The predicted octanol–water partition coefficient (Wildman–Crippen LogP) is 3.61. The van der Waals surface area contributed by atoms with Gasteiger partial charge in [-0.05, 0) is 36.2 Å². The number of amides is 1. The molecule has 0 saturated carbocycles. The fourth-order valence-corrected chi connectivity index (χ4v) is 4.16. The Hall–Kier alpha value is -3.20. The van der Waals surface area contributed by atoms with Gasteiger partial charge in [0.05, 0.1) is 29.3 Å². The fourth-order valence-electron chi connectivity index (χ4n) is 3.52. The van der Waals surface area contributed by atoms with Crippen LogP contribution >= 0.6 is 0 Å². The van der Waals surface area contributed by atoms with Crippen molar-refractivity contribution in [1.82, 2.24) is 14.7 Å². The van der Waals surface area contributed by atoms with Crippen LogP contribution in [0.3, 0.4) is 0 Å². The topological polar surface area (TPSA) is 81.5 Å². The number of aromatic nitrogens is 2. The number of rotatable bonds is 6. The zero-order chi connectivity index (χ0) is 23.0. The number of carbonyl (C=O) groups excluding carboxylic acids is 1. The third kappa shape index (κ3) is 4.38. The van der Waals surface area contributed by atoms with Gasteiger partial charge in [0.2, 0.25) is 0 Å². The minimum absolute atomic E-state index is 0.0550. The number of hydrogen-bond acceptors (Lipinski definition) is 5. The van der Waals surface area contributed by atoms with Gasteiger partial charge in [-0.3, -0.25) is 4.79 Å². The number of benzene rings is 2. The Labute approximate surface area is 186 Å². The lowest BCUT2D eigenvalue weighted by atomic mass is 10.1. The molecular formula is C23H24FN3O4S. The van der Waals surface area contributed by atoms with Crippen LogP contribution in [0.15, 0.2) is 53.6 Å². The van der Waals surface area contributed by atoms with Crippen LogP contribution in [0.2, 0.25) is 0 Å². The number of carbonyl (C=O) groups is 1. The molecule has 2 heterocycles. The van der Waals surface area contributed by atoms with Crippen LogP contribution in [0.1, 0.15) is 35.5 Å². The average Bonchev–Trinajstić information content (AvgIpc) is 3.30. The Kier molecular flexibility index (Phi) is 5.77. The molecule has 0 bridgehead atoms. The van der Waals surface area contributed by atoms with Crippen molar-refractivity contribution in [1.29, 1.82) is 0 Å². The Morgan fingerprint density at radius 2 is 1.94 bits per heavy atom. The summed E-state index contributed by atoms with van der Waals surface area (Å²) in [6, 6.07) is 10.7. The summed E-state index contributed by atoms with van der Waals surface area (Å²) in [5.74, 6) is -0.143. The summed E-state index contributed by atoms with van der Waals surface area (Å²) in [5.41, 5.74) is 2.02. The molecule has 0 aliphatic carbocycles. The molecule has 0 atom stereocenters. The van der Waals surface area contributed by atoms with Crippen molar-refractivity contribution in [3.63, 3.8) is 0 Å². The van der Waals surface area contributed by atoms with Crippen LogP contribution in [0.25, 0.3) is 5.69 Å². The van der Waals surface area contributed by atoms with Crippen molar-refractivity contribution in [3.8, 4) is 11.4 Å². The Morgan fingerprint density at radius 3 is 2.59 bits per heavy atom. The van der Waals surface area contributed by atoms with Crippen LogP contribution in [-0.4, -0.2) is 41.9 Å². The molecular weight excluding hydrogens is 433 g/mol. The van der Waals surface area contributed by atoms with E-state index in [0.717, 1.165) is 11.8 Å². The Balaban J connectivity index is 1.61. The third-order valence-corrected chi connectivity index (χ3v) is 6.26. The largest absolute Gasteiger partial charge is 0.492 e. The zero-order valence-electron chi connectivity index (χ0n) is 18.1. The summed E-state index contributed by atoms with van der Waals surface area (Å²) < 4.78 is 45.4. The molecule has 0 N–H and O–H groups in total. The molecule has 9 heteroatoms. The zero-order valence-corrected chi connectivity index (χ0v) is 18.9. The highest BCUT2D eigenvalue weighted by Gasteiger charge is 2.30. The van der Waals surface area contributed by atoms with Gasteiger partial charge in [-0.15, -0.1) is 0 Å². The summed E-state index contributed by atoms with van der Waals surface area (Å²) >= 11 is 0. The first-order valence-corrected chi connectivity index (χ1v) is 12.1. The second-order valence-electron chi connectivity index (χ2n) is 8.29. The lowest BCUT2D eigenvalue weighted by molar-refractivity contribution is 0.0743. The van der Waals surface area contributed by atoms with E-state index in [4.69, 9.17) is 4.74 Å². The van der Waals surface area contributed by atoms with Gasteiger partial charge in [0.25, 0.3) is 5.91 Å². The molecule has 4 rings (SSSR count). The molecule has 168 valence electrons. The van der Waals surface area contributed by atoms with Gasteiger partial charge in [-0.1, -0.05) is 26.0 Å². The van der Waals surface area contributed by atoms with Crippen molar-refractivity contribution in [2.45, 2.75) is 31.8 Å². The SMILES string of the molecule is CC(C)COc1ccc(S(C)(=O)=O)cc1C(=O)N1Cc2cn(-c3ccccc3F)nc2C1. The molecule has 0 fully saturated rings. The molecule has 1 amide bonds. The maximum Gasteiger partial charge on any atom is 0.258 e. The van der Waals surface area contributed by atoms with E-state index in [2.05, 4.69) is 5.10 Å². The van der Waals surface area contributed by atoms with Crippen LogP contribution in [-0.2, 0) is 22.9 Å². The maximum absolute atomic E-state index is 14.1. The van der Waals surface area contributed by atoms with Crippen molar-refractivity contribution >= 4 is 15.7 Å². The normalized spacial score (nSPS) is 13.5. The van der Waals surface area contributed by atoms with Gasteiger partial charge in [-0.2, -0.15) is 5.10 Å². The summed E-state index contributed by atoms with van der Waals surface area (Å²) in [6.45, 7) is 4.89. The fraction of sp³-hybridized carbons (Fsp3) is 0.304. The summed E-state index contributed by atoms with van der Waals surface area (Å²) in [5, 5.41) is 4.44. The Bertz CT molecular complexity index is 1260. The first-order valence-electron chi connectivity index (χ1n) is 10.2. The van der Waals surface area contributed by atoms with Crippen molar-refractivity contribution in [2.75, 3.05) is 12.9 Å². The Morgan fingerprint density at radius 1 is 1.19 bits per heavy atom. The van der Waals surface area contributed by atoms with Crippen molar-refractivity contribution in [2.24, 2.45) is 5.92 Å². The third-order valence-electron chi connectivity index (χ3n) is 5.15. The molecule has 1 aliphatic heterocycles. The van der Waals surface area contributed by atoms with Gasteiger partial charge in [0, 0.05) is 24.6 Å². The highest BCUT2D eigenvalue weighted by Crippen LogP contribution is 2.30. The standard InChI is InChI=1S/C23H24FN3O4S/c1-15(2)14-31-22-9-8-17(32(3,29)30)10-18(22)23(28)26-11-16-12-27(25-20(16)13-26)21-7-5-4-6-19(21)24/h4-10,12,15H,11,13-14H2,1-3H3.